The first-order valence-electron chi connectivity index (χ1n) is 5.81. The second-order valence-electron chi connectivity index (χ2n) is 4.12. The highest BCUT2D eigenvalue weighted by atomic mass is 19.1. The number of anilines is 1. The summed E-state index contributed by atoms with van der Waals surface area (Å²) in [5, 5.41) is 1.89. The molecule has 3 nitrogen and oxygen atoms in total. The average Bonchev–Trinajstić information content (AvgIpc) is 2.43. The molecule has 0 amide bonds. The van der Waals surface area contributed by atoms with Gasteiger partial charge >= 0.3 is 0 Å². The van der Waals surface area contributed by atoms with Gasteiger partial charge in [-0.25, -0.2) is 9.37 Å². The van der Waals surface area contributed by atoms with E-state index in [0.717, 1.165) is 10.8 Å². The summed E-state index contributed by atoms with van der Waals surface area (Å²) in [7, 11) is 0. The molecule has 19 heavy (non-hydrogen) atoms. The van der Waals surface area contributed by atoms with Crippen molar-refractivity contribution >= 4 is 16.5 Å². The van der Waals surface area contributed by atoms with Gasteiger partial charge in [-0.3, -0.25) is 0 Å². The van der Waals surface area contributed by atoms with Crippen molar-refractivity contribution in [3.05, 3.63) is 60.5 Å². The molecule has 0 saturated carbocycles. The second-order valence-corrected chi connectivity index (χ2v) is 4.12. The minimum Gasteiger partial charge on any atom is -0.438 e. The molecule has 0 saturated heterocycles. The van der Waals surface area contributed by atoms with Crippen molar-refractivity contribution < 1.29 is 9.13 Å². The lowest BCUT2D eigenvalue weighted by molar-refractivity contribution is 0.464. The summed E-state index contributed by atoms with van der Waals surface area (Å²) < 4.78 is 19.0. The van der Waals surface area contributed by atoms with Gasteiger partial charge in [-0.05, 0) is 29.7 Å². The number of nitrogen functional groups attached to an aromatic ring is 1. The van der Waals surface area contributed by atoms with E-state index in [9.17, 15) is 4.39 Å². The summed E-state index contributed by atoms with van der Waals surface area (Å²) in [6, 6.07) is 13.9. The smallest absolute Gasteiger partial charge is 0.227 e. The van der Waals surface area contributed by atoms with Gasteiger partial charge in [-0.1, -0.05) is 18.2 Å². The van der Waals surface area contributed by atoms with Crippen LogP contribution in [0.5, 0.6) is 11.6 Å². The van der Waals surface area contributed by atoms with Gasteiger partial charge in [0.05, 0.1) is 5.69 Å². The molecular formula is C15H11FN2O. The van der Waals surface area contributed by atoms with E-state index < -0.39 is 5.82 Å². The van der Waals surface area contributed by atoms with Gasteiger partial charge in [0.1, 0.15) is 11.6 Å². The molecule has 2 aromatic carbocycles. The number of hydrogen-bond donors (Lipinski definition) is 1. The Labute approximate surface area is 109 Å². The SMILES string of the molecule is Nc1ccc(Oc2nccc3ccccc23)cc1F. The number of hydrogen-bond acceptors (Lipinski definition) is 3. The van der Waals surface area contributed by atoms with Gasteiger partial charge < -0.3 is 10.5 Å². The van der Waals surface area contributed by atoms with Crippen LogP contribution in [0.1, 0.15) is 0 Å². The molecule has 94 valence electrons. The van der Waals surface area contributed by atoms with Crippen LogP contribution in [0.15, 0.2) is 54.7 Å². The highest BCUT2D eigenvalue weighted by Crippen LogP contribution is 2.28. The average molecular weight is 254 g/mol. The van der Waals surface area contributed by atoms with Crippen molar-refractivity contribution in [2.24, 2.45) is 0 Å². The third-order valence-electron chi connectivity index (χ3n) is 2.82. The predicted octanol–water partition coefficient (Wildman–Crippen LogP) is 3.75. The van der Waals surface area contributed by atoms with Crippen molar-refractivity contribution in [1.29, 1.82) is 0 Å². The minimum atomic E-state index is -0.502. The Morgan fingerprint density at radius 2 is 1.89 bits per heavy atom. The molecule has 0 aliphatic heterocycles. The van der Waals surface area contributed by atoms with Crippen LogP contribution in [0, 0.1) is 5.82 Å². The Kier molecular flexibility index (Phi) is 2.76. The van der Waals surface area contributed by atoms with Crippen LogP contribution in [0.4, 0.5) is 10.1 Å². The Morgan fingerprint density at radius 1 is 1.05 bits per heavy atom. The molecule has 0 aliphatic carbocycles. The van der Waals surface area contributed by atoms with Crippen molar-refractivity contribution in [3.63, 3.8) is 0 Å². The van der Waals surface area contributed by atoms with E-state index in [4.69, 9.17) is 10.5 Å². The van der Waals surface area contributed by atoms with Gasteiger partial charge in [-0.2, -0.15) is 0 Å². The third kappa shape index (κ3) is 2.20. The lowest BCUT2D eigenvalue weighted by Crippen LogP contribution is -1.93. The van der Waals surface area contributed by atoms with Crippen LogP contribution in [0.25, 0.3) is 10.8 Å². The Hall–Kier alpha value is -2.62. The maximum atomic E-state index is 13.4. The number of halogens is 1. The van der Waals surface area contributed by atoms with Crippen LogP contribution in [0.3, 0.4) is 0 Å². The van der Waals surface area contributed by atoms with E-state index in [2.05, 4.69) is 4.98 Å². The van der Waals surface area contributed by atoms with Gasteiger partial charge in [0.2, 0.25) is 5.88 Å². The van der Waals surface area contributed by atoms with Crippen LogP contribution in [-0.2, 0) is 0 Å². The summed E-state index contributed by atoms with van der Waals surface area (Å²) >= 11 is 0. The number of pyridine rings is 1. The zero-order chi connectivity index (χ0) is 13.2. The van der Waals surface area contributed by atoms with E-state index in [1.165, 1.54) is 12.1 Å². The number of nitrogens with zero attached hydrogens (tertiary/aromatic N) is 1. The van der Waals surface area contributed by atoms with Crippen molar-refractivity contribution in [2.45, 2.75) is 0 Å². The molecule has 0 radical (unpaired) electrons. The van der Waals surface area contributed by atoms with Gasteiger partial charge in [-0.15, -0.1) is 0 Å². The highest BCUT2D eigenvalue weighted by Gasteiger charge is 2.06. The molecule has 1 aromatic heterocycles. The molecule has 2 N–H and O–H groups in total. The van der Waals surface area contributed by atoms with Crippen LogP contribution >= 0.6 is 0 Å². The summed E-state index contributed by atoms with van der Waals surface area (Å²) in [4.78, 5) is 4.18. The predicted molar refractivity (Wildman–Crippen MR) is 72.6 cm³/mol. The van der Waals surface area contributed by atoms with Gasteiger partial charge in [0.25, 0.3) is 0 Å². The number of nitrogens with two attached hydrogens (primary N) is 1. The van der Waals surface area contributed by atoms with E-state index in [-0.39, 0.29) is 5.69 Å². The van der Waals surface area contributed by atoms with E-state index in [1.54, 1.807) is 12.3 Å². The second kappa shape index (κ2) is 4.57. The van der Waals surface area contributed by atoms with E-state index >= 15 is 0 Å². The Morgan fingerprint density at radius 3 is 2.74 bits per heavy atom. The zero-order valence-corrected chi connectivity index (χ0v) is 10.0. The summed E-state index contributed by atoms with van der Waals surface area (Å²) in [6.07, 6.45) is 1.66. The Bertz CT molecular complexity index is 738. The molecule has 0 unspecified atom stereocenters. The molecule has 3 aromatic rings. The first kappa shape index (κ1) is 11.5. The molecule has 0 fully saturated rings. The molecule has 0 bridgehead atoms. The minimum absolute atomic E-state index is 0.0956. The standard InChI is InChI=1S/C15H11FN2O/c16-13-9-11(5-6-14(13)17)19-15-12-4-2-1-3-10(12)7-8-18-15/h1-9H,17H2. The number of aromatic nitrogens is 1. The molecule has 3 rings (SSSR count). The molecule has 1 heterocycles. The van der Waals surface area contributed by atoms with E-state index in [1.807, 2.05) is 30.3 Å². The summed E-state index contributed by atoms with van der Waals surface area (Å²) in [5.74, 6) is 0.315. The molecule has 0 atom stereocenters. The molecule has 0 spiro atoms. The number of benzene rings is 2. The normalized spacial score (nSPS) is 10.6. The lowest BCUT2D eigenvalue weighted by atomic mass is 10.2. The van der Waals surface area contributed by atoms with Crippen molar-refractivity contribution in [2.75, 3.05) is 5.73 Å². The molecule has 0 aliphatic rings. The maximum Gasteiger partial charge on any atom is 0.227 e. The fraction of sp³-hybridized carbons (Fsp3) is 0. The zero-order valence-electron chi connectivity index (χ0n) is 10.0. The van der Waals surface area contributed by atoms with Crippen molar-refractivity contribution in [1.82, 2.24) is 4.98 Å². The van der Waals surface area contributed by atoms with Gasteiger partial charge in [0, 0.05) is 17.6 Å². The van der Waals surface area contributed by atoms with Crippen LogP contribution < -0.4 is 10.5 Å². The number of ether oxygens (including phenoxy) is 1. The maximum absolute atomic E-state index is 13.4. The molecular weight excluding hydrogens is 243 g/mol. The first-order valence-corrected chi connectivity index (χ1v) is 5.81. The number of fused-ring (bicyclic) bond motifs is 1. The monoisotopic (exact) mass is 254 g/mol. The topological polar surface area (TPSA) is 48.1 Å². The summed E-state index contributed by atoms with van der Waals surface area (Å²) in [6.45, 7) is 0. The first-order chi connectivity index (χ1) is 9.24. The Balaban J connectivity index is 2.03. The van der Waals surface area contributed by atoms with Crippen LogP contribution in [0.2, 0.25) is 0 Å². The fourth-order valence-electron chi connectivity index (χ4n) is 1.86. The quantitative estimate of drug-likeness (QED) is 0.708. The highest BCUT2D eigenvalue weighted by molar-refractivity contribution is 5.86. The van der Waals surface area contributed by atoms with Crippen LogP contribution in [-0.4, -0.2) is 4.98 Å². The lowest BCUT2D eigenvalue weighted by Gasteiger charge is -2.08. The van der Waals surface area contributed by atoms with E-state index in [0.29, 0.717) is 11.6 Å². The third-order valence-corrected chi connectivity index (χ3v) is 2.82. The van der Waals surface area contributed by atoms with Crippen molar-refractivity contribution in [3.8, 4) is 11.6 Å². The largest absolute Gasteiger partial charge is 0.438 e. The molecule has 4 heteroatoms. The van der Waals surface area contributed by atoms with Gasteiger partial charge in [0.15, 0.2) is 0 Å². The fourth-order valence-corrected chi connectivity index (χ4v) is 1.86. The number of rotatable bonds is 2. The summed E-state index contributed by atoms with van der Waals surface area (Å²) in [5.41, 5.74) is 5.52.